The molecule has 7 heteroatoms. The van der Waals surface area contributed by atoms with Gasteiger partial charge in [0.1, 0.15) is 5.82 Å². The normalized spacial score (nSPS) is 25.7. The van der Waals surface area contributed by atoms with Gasteiger partial charge in [-0.3, -0.25) is 4.99 Å². The summed E-state index contributed by atoms with van der Waals surface area (Å²) in [6.07, 6.45) is -0.834. The van der Waals surface area contributed by atoms with Gasteiger partial charge in [-0.1, -0.05) is 12.1 Å². The van der Waals surface area contributed by atoms with Gasteiger partial charge < -0.3 is 10.6 Å². The fourth-order valence-electron chi connectivity index (χ4n) is 3.74. The van der Waals surface area contributed by atoms with Crippen molar-refractivity contribution in [2.75, 3.05) is 13.6 Å². The molecule has 1 aromatic rings. The number of nitrogens with one attached hydrogen (secondary N) is 2. The Morgan fingerprint density at radius 3 is 2.42 bits per heavy atom. The number of halogens is 4. The van der Waals surface area contributed by atoms with Crippen LogP contribution in [-0.2, 0) is 5.41 Å². The molecule has 0 aromatic heterocycles. The number of benzene rings is 1. The Morgan fingerprint density at radius 1 is 1.19 bits per heavy atom. The molecular formula is C19H25F4N3. The minimum absolute atomic E-state index is 0.00382. The quantitative estimate of drug-likeness (QED) is 0.474. The van der Waals surface area contributed by atoms with Crippen LogP contribution in [0.3, 0.4) is 0 Å². The summed E-state index contributed by atoms with van der Waals surface area (Å²) in [5.74, 6) is -0.820. The maximum atomic E-state index is 13.5. The summed E-state index contributed by atoms with van der Waals surface area (Å²) in [7, 11) is 1.65. The van der Waals surface area contributed by atoms with Gasteiger partial charge in [-0.25, -0.2) is 4.39 Å². The van der Waals surface area contributed by atoms with E-state index in [1.807, 2.05) is 6.07 Å². The van der Waals surface area contributed by atoms with Gasteiger partial charge in [0.05, 0.1) is 5.92 Å². The second-order valence-electron chi connectivity index (χ2n) is 7.45. The Bertz CT molecular complexity index is 644. The summed E-state index contributed by atoms with van der Waals surface area (Å²) < 4.78 is 51.8. The molecule has 0 atom stereocenters. The van der Waals surface area contributed by atoms with E-state index in [-0.39, 0.29) is 30.1 Å². The molecule has 0 heterocycles. The standard InChI is InChI=1S/C19H25F4N3/c1-24-17(26-16-7-5-13(6-8-16)19(21,22)23)25-12-18(9-10-18)14-3-2-4-15(20)11-14/h2-4,11,13,16H,5-10,12H2,1H3,(H2,24,25,26). The zero-order chi connectivity index (χ0) is 18.8. The van der Waals surface area contributed by atoms with Crippen LogP contribution in [0.2, 0.25) is 0 Å². The molecule has 2 N–H and O–H groups in total. The maximum Gasteiger partial charge on any atom is 0.391 e. The van der Waals surface area contributed by atoms with Crippen molar-refractivity contribution < 1.29 is 17.6 Å². The first-order valence-corrected chi connectivity index (χ1v) is 9.12. The Morgan fingerprint density at radius 2 is 1.88 bits per heavy atom. The molecule has 0 aliphatic heterocycles. The molecule has 0 radical (unpaired) electrons. The third-order valence-electron chi connectivity index (χ3n) is 5.64. The van der Waals surface area contributed by atoms with Crippen LogP contribution in [0.4, 0.5) is 17.6 Å². The van der Waals surface area contributed by atoms with E-state index >= 15 is 0 Å². The predicted octanol–water partition coefficient (Wildman–Crippen LogP) is 4.14. The Hall–Kier alpha value is -1.79. The SMILES string of the molecule is CN=C(NCC1(c2cccc(F)c2)CC1)NC1CCC(C(F)(F)F)CC1. The zero-order valence-corrected chi connectivity index (χ0v) is 14.9. The van der Waals surface area contributed by atoms with E-state index in [2.05, 4.69) is 15.6 Å². The average Bonchev–Trinajstić information content (AvgIpc) is 3.39. The molecule has 0 spiro atoms. The lowest BCUT2D eigenvalue weighted by molar-refractivity contribution is -0.182. The van der Waals surface area contributed by atoms with Gasteiger partial charge >= 0.3 is 6.18 Å². The molecular weight excluding hydrogens is 346 g/mol. The van der Waals surface area contributed by atoms with Gasteiger partial charge in [-0.2, -0.15) is 13.2 Å². The molecule has 3 nitrogen and oxygen atoms in total. The molecule has 2 saturated carbocycles. The van der Waals surface area contributed by atoms with Crippen LogP contribution in [0, 0.1) is 11.7 Å². The van der Waals surface area contributed by atoms with Crippen molar-refractivity contribution >= 4 is 5.96 Å². The summed E-state index contributed by atoms with van der Waals surface area (Å²) in [6, 6.07) is 6.67. The molecule has 0 amide bonds. The van der Waals surface area contributed by atoms with Crippen LogP contribution >= 0.6 is 0 Å². The lowest BCUT2D eigenvalue weighted by Crippen LogP contribution is -2.47. The first-order valence-electron chi connectivity index (χ1n) is 9.12. The van der Waals surface area contributed by atoms with E-state index in [4.69, 9.17) is 0 Å². The van der Waals surface area contributed by atoms with Crippen molar-refractivity contribution in [3.8, 4) is 0 Å². The zero-order valence-electron chi connectivity index (χ0n) is 14.9. The van der Waals surface area contributed by atoms with E-state index < -0.39 is 12.1 Å². The number of aliphatic imine (C=N–C) groups is 1. The van der Waals surface area contributed by atoms with Crippen LogP contribution in [0.1, 0.15) is 44.1 Å². The number of nitrogens with zero attached hydrogens (tertiary/aromatic N) is 1. The third-order valence-corrected chi connectivity index (χ3v) is 5.64. The number of rotatable bonds is 4. The second-order valence-corrected chi connectivity index (χ2v) is 7.45. The predicted molar refractivity (Wildman–Crippen MR) is 93.6 cm³/mol. The largest absolute Gasteiger partial charge is 0.391 e. The molecule has 0 saturated heterocycles. The lowest BCUT2D eigenvalue weighted by Gasteiger charge is -2.31. The number of hydrogen-bond acceptors (Lipinski definition) is 1. The van der Waals surface area contributed by atoms with E-state index in [1.54, 1.807) is 19.2 Å². The molecule has 0 unspecified atom stereocenters. The lowest BCUT2D eigenvalue weighted by atomic mass is 9.85. The molecule has 3 rings (SSSR count). The van der Waals surface area contributed by atoms with Crippen LogP contribution in [-0.4, -0.2) is 31.8 Å². The highest BCUT2D eigenvalue weighted by Gasteiger charge is 2.44. The van der Waals surface area contributed by atoms with Gasteiger partial charge in [0.25, 0.3) is 0 Å². The Labute approximate surface area is 151 Å². The summed E-state index contributed by atoms with van der Waals surface area (Å²) in [4.78, 5) is 4.19. The van der Waals surface area contributed by atoms with Gasteiger partial charge in [0, 0.05) is 25.0 Å². The van der Waals surface area contributed by atoms with Crippen LogP contribution < -0.4 is 10.6 Å². The van der Waals surface area contributed by atoms with E-state index in [0.717, 1.165) is 18.4 Å². The summed E-state index contributed by atoms with van der Waals surface area (Å²) in [5.41, 5.74) is 0.902. The highest BCUT2D eigenvalue weighted by atomic mass is 19.4. The summed E-state index contributed by atoms with van der Waals surface area (Å²) in [5, 5.41) is 6.51. The highest BCUT2D eigenvalue weighted by molar-refractivity contribution is 5.80. The van der Waals surface area contributed by atoms with Crippen molar-refractivity contribution in [2.24, 2.45) is 10.9 Å². The Kier molecular flexibility index (Phi) is 5.44. The van der Waals surface area contributed by atoms with Crippen LogP contribution in [0.25, 0.3) is 0 Å². The van der Waals surface area contributed by atoms with Gasteiger partial charge in [-0.15, -0.1) is 0 Å². The maximum absolute atomic E-state index is 13.5. The topological polar surface area (TPSA) is 36.4 Å². The second kappa shape index (κ2) is 7.45. The molecule has 0 bridgehead atoms. The molecule has 2 fully saturated rings. The molecule has 2 aliphatic rings. The number of guanidine groups is 1. The van der Waals surface area contributed by atoms with Crippen LogP contribution in [0.15, 0.2) is 29.3 Å². The Balaban J connectivity index is 1.50. The van der Waals surface area contributed by atoms with E-state index in [0.29, 0.717) is 25.3 Å². The van der Waals surface area contributed by atoms with Crippen LogP contribution in [0.5, 0.6) is 0 Å². The van der Waals surface area contributed by atoms with Crippen molar-refractivity contribution in [3.63, 3.8) is 0 Å². The van der Waals surface area contributed by atoms with Gasteiger partial charge in [0.15, 0.2) is 5.96 Å². The third kappa shape index (κ3) is 4.48. The summed E-state index contributed by atoms with van der Waals surface area (Å²) in [6.45, 7) is 0.633. The average molecular weight is 371 g/mol. The first-order chi connectivity index (χ1) is 12.3. The monoisotopic (exact) mass is 371 g/mol. The van der Waals surface area contributed by atoms with E-state index in [1.165, 1.54) is 6.07 Å². The van der Waals surface area contributed by atoms with Gasteiger partial charge in [0.2, 0.25) is 0 Å². The van der Waals surface area contributed by atoms with E-state index in [9.17, 15) is 17.6 Å². The number of hydrogen-bond donors (Lipinski definition) is 2. The smallest absolute Gasteiger partial charge is 0.356 e. The van der Waals surface area contributed by atoms with Crippen molar-refractivity contribution in [1.82, 2.24) is 10.6 Å². The molecule has 2 aliphatic carbocycles. The summed E-state index contributed by atoms with van der Waals surface area (Å²) >= 11 is 0. The minimum atomic E-state index is -4.09. The van der Waals surface area contributed by atoms with Crippen molar-refractivity contribution in [2.45, 2.75) is 56.2 Å². The highest BCUT2D eigenvalue weighted by Crippen LogP contribution is 2.47. The van der Waals surface area contributed by atoms with Crippen molar-refractivity contribution in [3.05, 3.63) is 35.6 Å². The van der Waals surface area contributed by atoms with Crippen molar-refractivity contribution in [1.29, 1.82) is 0 Å². The molecule has 26 heavy (non-hydrogen) atoms. The first kappa shape index (κ1) is 19.0. The molecule has 144 valence electrons. The fraction of sp³-hybridized carbons (Fsp3) is 0.632. The minimum Gasteiger partial charge on any atom is -0.356 e. The molecule has 1 aromatic carbocycles. The fourth-order valence-corrected chi connectivity index (χ4v) is 3.74. The number of alkyl halides is 3. The van der Waals surface area contributed by atoms with Gasteiger partial charge in [-0.05, 0) is 56.2 Å².